The number of alkyl halides is 1. The number of aromatic nitrogens is 1. The number of aromatic carboxylic acids is 1. The number of nitrogens with zero attached hydrogens (tertiary/aromatic N) is 2. The SMILES string of the molecule is CCCCCC(F)c1ccc(N2C(=O)CCC2CSc2nc(C(=O)O)cs2)cc1. The van der Waals surface area contributed by atoms with E-state index in [2.05, 4.69) is 11.9 Å². The summed E-state index contributed by atoms with van der Waals surface area (Å²) in [6.07, 6.45) is 3.77. The van der Waals surface area contributed by atoms with Crippen molar-refractivity contribution in [3.05, 3.63) is 40.9 Å². The number of carboxylic acids is 1. The van der Waals surface area contributed by atoms with Gasteiger partial charge in [0.1, 0.15) is 6.17 Å². The Morgan fingerprint density at radius 1 is 1.38 bits per heavy atom. The minimum atomic E-state index is -1.04. The summed E-state index contributed by atoms with van der Waals surface area (Å²) in [6.45, 7) is 2.10. The molecular formula is C21H25FN2O3S2. The molecule has 3 rings (SSSR count). The number of benzene rings is 1. The summed E-state index contributed by atoms with van der Waals surface area (Å²) in [5, 5.41) is 10.5. The highest BCUT2D eigenvalue weighted by Gasteiger charge is 2.32. The van der Waals surface area contributed by atoms with Gasteiger partial charge in [-0.05, 0) is 30.5 Å². The van der Waals surface area contributed by atoms with Crippen molar-refractivity contribution in [2.45, 2.75) is 62.0 Å². The van der Waals surface area contributed by atoms with Crippen LogP contribution in [-0.2, 0) is 4.79 Å². The number of carbonyl (C=O) groups excluding carboxylic acids is 1. The van der Waals surface area contributed by atoms with Gasteiger partial charge in [0.25, 0.3) is 0 Å². The highest BCUT2D eigenvalue weighted by atomic mass is 32.2. The number of hydrogen-bond acceptors (Lipinski definition) is 5. The molecule has 1 aliphatic heterocycles. The van der Waals surface area contributed by atoms with Crippen molar-refractivity contribution in [3.63, 3.8) is 0 Å². The van der Waals surface area contributed by atoms with Gasteiger partial charge in [0.05, 0.1) is 0 Å². The Hall–Kier alpha value is -1.93. The van der Waals surface area contributed by atoms with Crippen LogP contribution < -0.4 is 4.90 Å². The van der Waals surface area contributed by atoms with Crippen molar-refractivity contribution in [2.75, 3.05) is 10.7 Å². The van der Waals surface area contributed by atoms with Crippen LogP contribution in [0.4, 0.5) is 10.1 Å². The molecule has 0 bridgehead atoms. The standard InChI is InChI=1S/C21H25FN2O3S2/c1-2-3-4-5-17(22)14-6-8-15(9-7-14)24-16(10-11-19(24)25)12-28-21-23-18(13-29-21)20(26)27/h6-9,13,16-17H,2-5,10-12H2,1H3,(H,26,27). The fraction of sp³-hybridized carbons (Fsp3) is 0.476. The predicted molar refractivity (Wildman–Crippen MR) is 115 cm³/mol. The maximum absolute atomic E-state index is 14.4. The summed E-state index contributed by atoms with van der Waals surface area (Å²) in [7, 11) is 0. The van der Waals surface area contributed by atoms with Gasteiger partial charge in [0.2, 0.25) is 5.91 Å². The largest absolute Gasteiger partial charge is 0.476 e. The Balaban J connectivity index is 1.62. The zero-order valence-electron chi connectivity index (χ0n) is 16.3. The number of thiazole rings is 1. The van der Waals surface area contributed by atoms with Crippen LogP contribution in [-0.4, -0.2) is 33.8 Å². The summed E-state index contributed by atoms with van der Waals surface area (Å²) in [5.74, 6) is -0.330. The molecule has 2 atom stereocenters. The van der Waals surface area contributed by atoms with Crippen molar-refractivity contribution in [1.29, 1.82) is 0 Å². The highest BCUT2D eigenvalue weighted by Crippen LogP contribution is 2.33. The molecule has 1 amide bonds. The third-order valence-electron chi connectivity index (χ3n) is 5.02. The highest BCUT2D eigenvalue weighted by molar-refractivity contribution is 8.01. The van der Waals surface area contributed by atoms with Gasteiger partial charge in [-0.2, -0.15) is 0 Å². The van der Waals surface area contributed by atoms with Gasteiger partial charge in [-0.1, -0.05) is 50.1 Å². The number of anilines is 1. The lowest BCUT2D eigenvalue weighted by atomic mass is 10.0. The Kier molecular flexibility index (Phi) is 7.66. The van der Waals surface area contributed by atoms with Crippen molar-refractivity contribution >= 4 is 40.7 Å². The van der Waals surface area contributed by atoms with Gasteiger partial charge in [0.15, 0.2) is 10.0 Å². The summed E-state index contributed by atoms with van der Waals surface area (Å²) in [4.78, 5) is 29.3. The minimum Gasteiger partial charge on any atom is -0.476 e. The van der Waals surface area contributed by atoms with Crippen molar-refractivity contribution < 1.29 is 19.1 Å². The summed E-state index contributed by atoms with van der Waals surface area (Å²) in [6, 6.07) is 7.23. The molecule has 1 fully saturated rings. The van der Waals surface area contributed by atoms with Gasteiger partial charge < -0.3 is 10.0 Å². The van der Waals surface area contributed by atoms with Crippen molar-refractivity contribution in [1.82, 2.24) is 4.98 Å². The average molecular weight is 437 g/mol. The number of rotatable bonds is 10. The van der Waals surface area contributed by atoms with E-state index in [4.69, 9.17) is 5.11 Å². The maximum atomic E-state index is 14.4. The molecule has 0 radical (unpaired) electrons. The molecule has 2 heterocycles. The van der Waals surface area contributed by atoms with E-state index in [9.17, 15) is 14.0 Å². The van der Waals surface area contributed by atoms with Crippen LogP contribution in [0.2, 0.25) is 0 Å². The zero-order valence-corrected chi connectivity index (χ0v) is 18.0. The quantitative estimate of drug-likeness (QED) is 0.381. The van der Waals surface area contributed by atoms with Crippen LogP contribution in [0.25, 0.3) is 0 Å². The van der Waals surface area contributed by atoms with E-state index in [-0.39, 0.29) is 17.6 Å². The average Bonchev–Trinajstić information content (AvgIpc) is 3.33. The molecule has 1 saturated heterocycles. The first kappa shape index (κ1) is 21.8. The van der Waals surface area contributed by atoms with E-state index in [1.807, 2.05) is 12.1 Å². The molecule has 1 aliphatic rings. The van der Waals surface area contributed by atoms with E-state index in [1.54, 1.807) is 17.0 Å². The topological polar surface area (TPSA) is 70.5 Å². The third-order valence-corrected chi connectivity index (χ3v) is 7.19. The van der Waals surface area contributed by atoms with Gasteiger partial charge >= 0.3 is 5.97 Å². The second kappa shape index (κ2) is 10.2. The first-order valence-corrected chi connectivity index (χ1v) is 11.7. The normalized spacial score (nSPS) is 17.7. The molecule has 1 N–H and O–H groups in total. The fourth-order valence-electron chi connectivity index (χ4n) is 3.43. The second-order valence-electron chi connectivity index (χ2n) is 7.13. The lowest BCUT2D eigenvalue weighted by Crippen LogP contribution is -2.34. The molecule has 2 aromatic rings. The predicted octanol–water partition coefficient (Wildman–Crippen LogP) is 5.72. The molecule has 29 heavy (non-hydrogen) atoms. The van der Waals surface area contributed by atoms with Gasteiger partial charge in [-0.25, -0.2) is 14.2 Å². The molecule has 0 spiro atoms. The molecule has 5 nitrogen and oxygen atoms in total. The van der Waals surface area contributed by atoms with Crippen LogP contribution >= 0.6 is 23.1 Å². The van der Waals surface area contributed by atoms with E-state index in [0.29, 0.717) is 28.5 Å². The molecular weight excluding hydrogens is 411 g/mol. The zero-order chi connectivity index (χ0) is 20.8. The number of halogens is 1. The first-order chi connectivity index (χ1) is 14.0. The smallest absolute Gasteiger partial charge is 0.355 e. The molecule has 156 valence electrons. The second-order valence-corrected chi connectivity index (χ2v) is 9.25. The number of carbonyl (C=O) groups is 2. The number of hydrogen-bond donors (Lipinski definition) is 1. The number of thioether (sulfide) groups is 1. The molecule has 1 aromatic heterocycles. The lowest BCUT2D eigenvalue weighted by Gasteiger charge is -2.25. The number of amides is 1. The van der Waals surface area contributed by atoms with E-state index >= 15 is 0 Å². The Morgan fingerprint density at radius 3 is 2.79 bits per heavy atom. The van der Waals surface area contributed by atoms with E-state index in [1.165, 1.54) is 28.5 Å². The van der Waals surface area contributed by atoms with Crippen molar-refractivity contribution in [2.24, 2.45) is 0 Å². The maximum Gasteiger partial charge on any atom is 0.355 e. The van der Waals surface area contributed by atoms with Gasteiger partial charge in [0, 0.05) is 29.3 Å². The number of carboxylic acid groups (broad SMARTS) is 1. The minimum absolute atomic E-state index is 0.0151. The number of unbranched alkanes of at least 4 members (excludes halogenated alkanes) is 2. The van der Waals surface area contributed by atoms with Gasteiger partial charge in [-0.3, -0.25) is 4.79 Å². The van der Waals surface area contributed by atoms with E-state index < -0.39 is 12.1 Å². The van der Waals surface area contributed by atoms with Gasteiger partial charge in [-0.15, -0.1) is 11.3 Å². The van der Waals surface area contributed by atoms with Crippen molar-refractivity contribution in [3.8, 4) is 0 Å². The molecule has 0 saturated carbocycles. The summed E-state index contributed by atoms with van der Waals surface area (Å²) in [5.41, 5.74) is 1.49. The molecule has 1 aromatic carbocycles. The molecule has 2 unspecified atom stereocenters. The Bertz CT molecular complexity index is 841. The van der Waals surface area contributed by atoms with Crippen LogP contribution in [0, 0.1) is 0 Å². The monoisotopic (exact) mass is 436 g/mol. The lowest BCUT2D eigenvalue weighted by molar-refractivity contribution is -0.117. The van der Waals surface area contributed by atoms with E-state index in [0.717, 1.165) is 31.4 Å². The molecule has 8 heteroatoms. The fourth-order valence-corrected chi connectivity index (χ4v) is 5.38. The summed E-state index contributed by atoms with van der Waals surface area (Å²) >= 11 is 2.76. The first-order valence-electron chi connectivity index (χ1n) is 9.87. The molecule has 0 aliphatic carbocycles. The summed E-state index contributed by atoms with van der Waals surface area (Å²) < 4.78 is 15.0. The van der Waals surface area contributed by atoms with Crippen LogP contribution in [0.15, 0.2) is 34.0 Å². The van der Waals surface area contributed by atoms with Crippen LogP contribution in [0.3, 0.4) is 0 Å². The van der Waals surface area contributed by atoms with Crippen LogP contribution in [0.1, 0.15) is 67.7 Å². The Morgan fingerprint density at radius 2 is 2.14 bits per heavy atom. The Labute approximate surface area is 178 Å². The third kappa shape index (κ3) is 5.57. The van der Waals surface area contributed by atoms with Crippen LogP contribution in [0.5, 0.6) is 0 Å².